The number of halogens is 2. The number of hydrogen-bond acceptors (Lipinski definition) is 0. The molecule has 1 aromatic carbocycles. The van der Waals surface area contributed by atoms with Crippen LogP contribution in [0.3, 0.4) is 0 Å². The molecule has 0 saturated heterocycles. The molecule has 0 nitrogen and oxygen atoms in total. The Balaban J connectivity index is 1.60. The Hall–Kier alpha value is -1.18. The van der Waals surface area contributed by atoms with E-state index in [9.17, 15) is 8.78 Å². The van der Waals surface area contributed by atoms with Crippen molar-refractivity contribution in [2.24, 2.45) is 17.3 Å². The first-order valence-electron chi connectivity index (χ1n) is 9.09. The smallest absolute Gasteiger partial charge is 0.159 e. The van der Waals surface area contributed by atoms with Crippen molar-refractivity contribution < 1.29 is 8.78 Å². The van der Waals surface area contributed by atoms with Crippen LogP contribution in [0.4, 0.5) is 8.78 Å². The van der Waals surface area contributed by atoms with E-state index in [4.69, 9.17) is 0 Å². The molecule has 1 aromatic rings. The Bertz CT molecular complexity index is 547. The van der Waals surface area contributed by atoms with Crippen LogP contribution in [0.5, 0.6) is 0 Å². The van der Waals surface area contributed by atoms with Gasteiger partial charge in [-0.3, -0.25) is 0 Å². The SMILES string of the molecule is C=CC1CCC(C)(C2CCC(c3ccc(F)c(F)c3)CC2)CC1. The van der Waals surface area contributed by atoms with E-state index >= 15 is 0 Å². The zero-order valence-electron chi connectivity index (χ0n) is 14.2. The predicted octanol–water partition coefficient (Wildman–Crippen LogP) is 6.62. The van der Waals surface area contributed by atoms with Crippen LogP contribution in [-0.4, -0.2) is 0 Å². The third-order valence-electron chi connectivity index (χ3n) is 6.63. The average molecular weight is 318 g/mol. The summed E-state index contributed by atoms with van der Waals surface area (Å²) in [6, 6.07) is 4.44. The van der Waals surface area contributed by atoms with Crippen LogP contribution < -0.4 is 0 Å². The minimum absolute atomic E-state index is 0.398. The molecule has 3 rings (SSSR count). The van der Waals surface area contributed by atoms with Crippen LogP contribution in [0.1, 0.15) is 69.8 Å². The van der Waals surface area contributed by atoms with Gasteiger partial charge in [0.15, 0.2) is 11.6 Å². The third-order valence-corrected chi connectivity index (χ3v) is 6.63. The normalized spacial score (nSPS) is 35.0. The van der Waals surface area contributed by atoms with Crippen molar-refractivity contribution >= 4 is 0 Å². The highest BCUT2D eigenvalue weighted by Crippen LogP contribution is 2.51. The van der Waals surface area contributed by atoms with Gasteiger partial charge in [0.05, 0.1) is 0 Å². The minimum Gasteiger partial charge on any atom is -0.204 e. The van der Waals surface area contributed by atoms with Crippen molar-refractivity contribution in [1.82, 2.24) is 0 Å². The average Bonchev–Trinajstić information content (AvgIpc) is 2.58. The van der Waals surface area contributed by atoms with Crippen LogP contribution in [0.25, 0.3) is 0 Å². The maximum atomic E-state index is 13.4. The highest BCUT2D eigenvalue weighted by Gasteiger charge is 2.39. The Morgan fingerprint density at radius 1 is 1.00 bits per heavy atom. The van der Waals surface area contributed by atoms with E-state index in [0.717, 1.165) is 24.3 Å². The molecule has 2 aliphatic carbocycles. The lowest BCUT2D eigenvalue weighted by molar-refractivity contribution is 0.0711. The van der Waals surface area contributed by atoms with Gasteiger partial charge in [0.1, 0.15) is 0 Å². The first-order valence-corrected chi connectivity index (χ1v) is 9.09. The number of hydrogen-bond donors (Lipinski definition) is 0. The Morgan fingerprint density at radius 2 is 1.65 bits per heavy atom. The molecule has 0 aromatic heterocycles. The van der Waals surface area contributed by atoms with Crippen molar-refractivity contribution in [3.05, 3.63) is 48.1 Å². The van der Waals surface area contributed by atoms with E-state index < -0.39 is 11.6 Å². The van der Waals surface area contributed by atoms with Crippen molar-refractivity contribution in [3.63, 3.8) is 0 Å². The van der Waals surface area contributed by atoms with E-state index in [1.54, 1.807) is 6.07 Å². The summed E-state index contributed by atoms with van der Waals surface area (Å²) in [6.45, 7) is 6.41. The minimum atomic E-state index is -0.742. The summed E-state index contributed by atoms with van der Waals surface area (Å²) >= 11 is 0. The molecule has 23 heavy (non-hydrogen) atoms. The number of rotatable bonds is 3. The molecule has 0 N–H and O–H groups in total. The molecule has 0 bridgehead atoms. The molecule has 2 saturated carbocycles. The lowest BCUT2D eigenvalue weighted by Gasteiger charge is -2.45. The maximum Gasteiger partial charge on any atom is 0.159 e. The van der Waals surface area contributed by atoms with Crippen LogP contribution in [0.15, 0.2) is 30.9 Å². The van der Waals surface area contributed by atoms with Gasteiger partial charge in [-0.25, -0.2) is 8.78 Å². The molecule has 0 aliphatic heterocycles. The van der Waals surface area contributed by atoms with Gasteiger partial charge in [-0.15, -0.1) is 6.58 Å². The largest absolute Gasteiger partial charge is 0.204 e. The first-order chi connectivity index (χ1) is 11.0. The summed E-state index contributed by atoms with van der Waals surface area (Å²) in [5.74, 6) is 0.444. The molecule has 0 atom stereocenters. The molecule has 2 aliphatic rings. The monoisotopic (exact) mass is 318 g/mol. The molecule has 0 spiro atoms. The Labute approximate surface area is 139 Å². The second-order valence-electron chi connectivity index (χ2n) is 7.95. The van der Waals surface area contributed by atoms with Crippen LogP contribution >= 0.6 is 0 Å². The van der Waals surface area contributed by atoms with Gasteiger partial charge in [0, 0.05) is 0 Å². The highest BCUT2D eigenvalue weighted by molar-refractivity contribution is 5.22. The van der Waals surface area contributed by atoms with Crippen molar-refractivity contribution in [2.45, 2.75) is 64.2 Å². The molecule has 0 amide bonds. The van der Waals surface area contributed by atoms with Gasteiger partial charge in [-0.2, -0.15) is 0 Å². The van der Waals surface area contributed by atoms with Crippen LogP contribution in [-0.2, 0) is 0 Å². The second kappa shape index (κ2) is 6.75. The maximum absolute atomic E-state index is 13.4. The highest BCUT2D eigenvalue weighted by atomic mass is 19.2. The standard InChI is InChI=1S/C21H28F2/c1-3-15-10-12-21(2,13-11-15)18-7-4-16(5-8-18)17-6-9-19(22)20(23)14-17/h3,6,9,14-16,18H,1,4-5,7-8,10-13H2,2H3. The van der Waals surface area contributed by atoms with Gasteiger partial charge in [-0.1, -0.05) is 19.1 Å². The van der Waals surface area contributed by atoms with Crippen LogP contribution in [0.2, 0.25) is 0 Å². The van der Waals surface area contributed by atoms with Gasteiger partial charge >= 0.3 is 0 Å². The van der Waals surface area contributed by atoms with E-state index in [-0.39, 0.29) is 0 Å². The first kappa shape index (κ1) is 16.7. The Morgan fingerprint density at radius 3 is 2.22 bits per heavy atom. The van der Waals surface area contributed by atoms with Gasteiger partial charge in [0.2, 0.25) is 0 Å². The van der Waals surface area contributed by atoms with Gasteiger partial charge < -0.3 is 0 Å². The summed E-state index contributed by atoms with van der Waals surface area (Å²) in [7, 11) is 0. The lowest BCUT2D eigenvalue weighted by atomic mass is 9.60. The molecule has 126 valence electrons. The summed E-state index contributed by atoms with van der Waals surface area (Å²) in [4.78, 5) is 0. The van der Waals surface area contributed by atoms with E-state index in [2.05, 4.69) is 19.6 Å². The zero-order chi connectivity index (χ0) is 16.4. The van der Waals surface area contributed by atoms with Crippen LogP contribution in [0, 0.1) is 28.9 Å². The fourth-order valence-electron chi connectivity index (χ4n) is 4.83. The van der Waals surface area contributed by atoms with Crippen molar-refractivity contribution in [2.75, 3.05) is 0 Å². The van der Waals surface area contributed by atoms with E-state index in [0.29, 0.717) is 17.3 Å². The second-order valence-corrected chi connectivity index (χ2v) is 7.95. The molecular weight excluding hydrogens is 290 g/mol. The fraction of sp³-hybridized carbons (Fsp3) is 0.619. The summed E-state index contributed by atoms with van der Waals surface area (Å²) in [5, 5.41) is 0. The zero-order valence-corrected chi connectivity index (χ0v) is 14.2. The summed E-state index contributed by atoms with van der Waals surface area (Å²) < 4.78 is 26.5. The number of allylic oxidation sites excluding steroid dienone is 1. The number of benzene rings is 1. The van der Waals surface area contributed by atoms with E-state index in [1.165, 1.54) is 50.7 Å². The summed E-state index contributed by atoms with van der Waals surface area (Å²) in [5.41, 5.74) is 1.45. The Kier molecular flexibility index (Phi) is 4.89. The van der Waals surface area contributed by atoms with Crippen molar-refractivity contribution in [1.29, 1.82) is 0 Å². The lowest BCUT2D eigenvalue weighted by Crippen LogP contribution is -2.34. The molecule has 0 radical (unpaired) electrons. The molecule has 2 fully saturated rings. The molecule has 0 unspecified atom stereocenters. The topological polar surface area (TPSA) is 0 Å². The third kappa shape index (κ3) is 3.51. The van der Waals surface area contributed by atoms with E-state index in [1.807, 2.05) is 0 Å². The predicted molar refractivity (Wildman–Crippen MR) is 91.3 cm³/mol. The molecule has 0 heterocycles. The van der Waals surface area contributed by atoms with Gasteiger partial charge in [-0.05, 0) is 92.2 Å². The van der Waals surface area contributed by atoms with Crippen molar-refractivity contribution in [3.8, 4) is 0 Å². The fourth-order valence-corrected chi connectivity index (χ4v) is 4.83. The quantitative estimate of drug-likeness (QED) is 0.549. The molecular formula is C21H28F2. The molecule has 2 heteroatoms. The summed E-state index contributed by atoms with van der Waals surface area (Å²) in [6.07, 6.45) is 12.0. The van der Waals surface area contributed by atoms with Gasteiger partial charge in [0.25, 0.3) is 0 Å².